The normalized spacial score (nSPS) is 20.4. The molecule has 2 N–H and O–H groups in total. The van der Waals surface area contributed by atoms with Gasteiger partial charge in [-0.1, -0.05) is 15.9 Å². The number of allylic oxidation sites excluding steroid dienone is 1. The Morgan fingerprint density at radius 3 is 3.15 bits per heavy atom. The van der Waals surface area contributed by atoms with E-state index < -0.39 is 5.97 Å². The van der Waals surface area contributed by atoms with Crippen LogP contribution < -0.4 is 5.43 Å². The van der Waals surface area contributed by atoms with Crippen LogP contribution in [0.1, 0.15) is 0 Å². The topological polar surface area (TPSA) is 52.6 Å². The maximum absolute atomic E-state index is 10.7. The van der Waals surface area contributed by atoms with Gasteiger partial charge in [0.15, 0.2) is 0 Å². The zero-order valence-electron chi connectivity index (χ0n) is 6.62. The molecule has 2 heterocycles. The summed E-state index contributed by atoms with van der Waals surface area (Å²) in [5, 5.41) is 10.5. The van der Waals surface area contributed by atoms with Crippen LogP contribution in [0.4, 0.5) is 0 Å². The van der Waals surface area contributed by atoms with E-state index in [1.165, 1.54) is 0 Å². The summed E-state index contributed by atoms with van der Waals surface area (Å²) in [5.41, 5.74) is 4.21. The number of fused-ring (bicyclic) bond motifs is 1. The van der Waals surface area contributed by atoms with E-state index in [1.807, 2.05) is 0 Å². The first-order chi connectivity index (χ1) is 6.18. The average Bonchev–Trinajstić information content (AvgIpc) is 2.47. The Morgan fingerprint density at radius 1 is 1.69 bits per heavy atom. The monoisotopic (exact) mass is 242 g/mol. The Hall–Kier alpha value is -1.07. The number of hydrogen-bond acceptors (Lipinski definition) is 3. The molecule has 0 amide bonds. The number of carboxylic acid groups (broad SMARTS) is 1. The fraction of sp³-hybridized carbons (Fsp3) is 0.125. The maximum Gasteiger partial charge on any atom is 0.335 e. The third-order valence-corrected chi connectivity index (χ3v) is 2.57. The Kier molecular flexibility index (Phi) is 1.97. The van der Waals surface area contributed by atoms with Crippen LogP contribution in [-0.4, -0.2) is 22.6 Å². The van der Waals surface area contributed by atoms with Gasteiger partial charge in [-0.15, -0.1) is 0 Å². The Bertz CT molecular complexity index is 357. The molecular formula is C8H7BrN2O2. The van der Waals surface area contributed by atoms with Gasteiger partial charge in [0.2, 0.25) is 0 Å². The number of carboxylic acids is 1. The van der Waals surface area contributed by atoms with Crippen molar-refractivity contribution in [2.45, 2.75) is 0 Å². The van der Waals surface area contributed by atoms with Crippen LogP contribution in [-0.2, 0) is 4.79 Å². The number of nitrogens with one attached hydrogen (secondary N) is 1. The highest BCUT2D eigenvalue weighted by molar-refractivity contribution is 9.11. The molecule has 0 fully saturated rings. The number of nitrogens with zero attached hydrogens (tertiary/aromatic N) is 1. The fourth-order valence-corrected chi connectivity index (χ4v) is 1.66. The summed E-state index contributed by atoms with van der Waals surface area (Å²) >= 11 is 3.36. The summed E-state index contributed by atoms with van der Waals surface area (Å²) in [6, 6.07) is 0. The molecule has 0 aliphatic carbocycles. The van der Waals surface area contributed by atoms with Crippen molar-refractivity contribution in [1.29, 1.82) is 0 Å². The molecule has 0 saturated heterocycles. The minimum atomic E-state index is -0.907. The van der Waals surface area contributed by atoms with Gasteiger partial charge in [-0.2, -0.15) is 0 Å². The summed E-state index contributed by atoms with van der Waals surface area (Å²) in [4.78, 5) is 10.7. The van der Waals surface area contributed by atoms with Crippen molar-refractivity contribution >= 4 is 21.9 Å². The summed E-state index contributed by atoms with van der Waals surface area (Å²) in [6.07, 6.45) is 4.89. The van der Waals surface area contributed by atoms with Gasteiger partial charge in [0.1, 0.15) is 0 Å². The molecule has 68 valence electrons. The average molecular weight is 243 g/mol. The van der Waals surface area contributed by atoms with E-state index in [0.717, 1.165) is 10.2 Å². The van der Waals surface area contributed by atoms with Crippen LogP contribution in [0.5, 0.6) is 0 Å². The number of aliphatic carboxylic acids is 1. The maximum atomic E-state index is 10.7. The molecule has 0 spiro atoms. The standard InChI is InChI=1S/C8H7BrN2O2/c9-6-4-10-11-2-1-5(8(12)13)3-7(6)11/h1-3,10H,4H2,(H,12,13). The molecule has 4 nitrogen and oxygen atoms in total. The largest absolute Gasteiger partial charge is 0.478 e. The van der Waals surface area contributed by atoms with Crippen molar-refractivity contribution in [2.75, 3.05) is 6.54 Å². The molecule has 0 bridgehead atoms. The lowest BCUT2D eigenvalue weighted by molar-refractivity contribution is -0.132. The van der Waals surface area contributed by atoms with Gasteiger partial charge in [0.05, 0.1) is 11.3 Å². The molecule has 0 unspecified atom stereocenters. The van der Waals surface area contributed by atoms with Gasteiger partial charge in [-0.3, -0.25) is 5.01 Å². The molecule has 5 heteroatoms. The predicted molar refractivity (Wildman–Crippen MR) is 50.7 cm³/mol. The van der Waals surface area contributed by atoms with E-state index in [0.29, 0.717) is 12.1 Å². The van der Waals surface area contributed by atoms with Crippen LogP contribution in [0, 0.1) is 0 Å². The van der Waals surface area contributed by atoms with Crippen LogP contribution in [0.25, 0.3) is 0 Å². The number of hydrazine groups is 1. The summed E-state index contributed by atoms with van der Waals surface area (Å²) < 4.78 is 0.968. The molecule has 0 aromatic carbocycles. The second-order valence-corrected chi connectivity index (χ2v) is 3.67. The SMILES string of the molecule is O=C(O)C1=CC2=C(Br)CNN2C=C1. The molecular weight excluding hydrogens is 236 g/mol. The molecule has 13 heavy (non-hydrogen) atoms. The van der Waals surface area contributed by atoms with E-state index >= 15 is 0 Å². The smallest absolute Gasteiger partial charge is 0.335 e. The number of rotatable bonds is 1. The molecule has 0 aromatic rings. The van der Waals surface area contributed by atoms with Crippen molar-refractivity contribution in [3.05, 3.63) is 34.1 Å². The molecule has 2 rings (SSSR count). The summed E-state index contributed by atoms with van der Waals surface area (Å²) in [5.74, 6) is -0.907. The van der Waals surface area contributed by atoms with Gasteiger partial charge < -0.3 is 5.11 Å². The lowest BCUT2D eigenvalue weighted by Gasteiger charge is -2.18. The van der Waals surface area contributed by atoms with E-state index in [1.54, 1.807) is 23.4 Å². The lowest BCUT2D eigenvalue weighted by atomic mass is 10.1. The van der Waals surface area contributed by atoms with Gasteiger partial charge >= 0.3 is 5.97 Å². The van der Waals surface area contributed by atoms with Crippen LogP contribution in [0.3, 0.4) is 0 Å². The quantitative estimate of drug-likeness (QED) is 0.719. The third kappa shape index (κ3) is 1.40. The minimum absolute atomic E-state index is 0.298. The zero-order valence-corrected chi connectivity index (χ0v) is 8.21. The first kappa shape index (κ1) is 8.52. The van der Waals surface area contributed by atoms with Crippen LogP contribution >= 0.6 is 15.9 Å². The van der Waals surface area contributed by atoms with Gasteiger partial charge in [-0.05, 0) is 12.2 Å². The highest BCUT2D eigenvalue weighted by atomic mass is 79.9. The fourth-order valence-electron chi connectivity index (χ4n) is 1.23. The Labute approximate surface area is 83.3 Å². The minimum Gasteiger partial charge on any atom is -0.478 e. The Balaban J connectivity index is 2.38. The number of carbonyl (C=O) groups is 1. The van der Waals surface area contributed by atoms with Gasteiger partial charge in [-0.25, -0.2) is 10.2 Å². The van der Waals surface area contributed by atoms with Crippen LogP contribution in [0.15, 0.2) is 34.1 Å². The van der Waals surface area contributed by atoms with Gasteiger partial charge in [0.25, 0.3) is 0 Å². The summed E-state index contributed by atoms with van der Waals surface area (Å²) in [7, 11) is 0. The third-order valence-electron chi connectivity index (χ3n) is 1.88. The molecule has 0 radical (unpaired) electrons. The van der Waals surface area contributed by atoms with Gasteiger partial charge in [0, 0.05) is 17.2 Å². The molecule has 2 aliphatic heterocycles. The van der Waals surface area contributed by atoms with Crippen LogP contribution in [0.2, 0.25) is 0 Å². The van der Waals surface area contributed by atoms with E-state index in [9.17, 15) is 4.79 Å². The summed E-state index contributed by atoms with van der Waals surface area (Å²) in [6.45, 7) is 0.697. The predicted octanol–water partition coefficient (Wildman–Crippen LogP) is 0.951. The van der Waals surface area contributed by atoms with Crippen molar-refractivity contribution < 1.29 is 9.90 Å². The van der Waals surface area contributed by atoms with Crippen molar-refractivity contribution in [2.24, 2.45) is 0 Å². The zero-order chi connectivity index (χ0) is 9.42. The molecule has 0 saturated carbocycles. The lowest BCUT2D eigenvalue weighted by Crippen LogP contribution is -2.27. The molecule has 0 aromatic heterocycles. The second kappa shape index (κ2) is 3.01. The van der Waals surface area contributed by atoms with E-state index in [2.05, 4.69) is 21.4 Å². The Morgan fingerprint density at radius 2 is 2.46 bits per heavy atom. The number of halogens is 1. The highest BCUT2D eigenvalue weighted by Gasteiger charge is 2.21. The van der Waals surface area contributed by atoms with Crippen molar-refractivity contribution in [3.8, 4) is 0 Å². The first-order valence-corrected chi connectivity index (χ1v) is 4.52. The van der Waals surface area contributed by atoms with E-state index in [4.69, 9.17) is 5.11 Å². The second-order valence-electron chi connectivity index (χ2n) is 2.72. The molecule has 0 atom stereocenters. The van der Waals surface area contributed by atoms with E-state index in [-0.39, 0.29) is 0 Å². The number of hydrogen-bond donors (Lipinski definition) is 2. The first-order valence-electron chi connectivity index (χ1n) is 3.73. The highest BCUT2D eigenvalue weighted by Crippen LogP contribution is 2.26. The van der Waals surface area contributed by atoms with Crippen molar-refractivity contribution in [1.82, 2.24) is 10.4 Å². The van der Waals surface area contributed by atoms with Crippen molar-refractivity contribution in [3.63, 3.8) is 0 Å². The molecule has 2 aliphatic rings.